The molecule has 0 aliphatic heterocycles. The normalized spacial score (nSPS) is 11.2. The number of hydrogen-bond acceptors (Lipinski definition) is 3. The number of amides is 2. The Hall–Kier alpha value is -2.42. The predicted octanol–water partition coefficient (Wildman–Crippen LogP) is 3.39. The van der Waals surface area contributed by atoms with Gasteiger partial charge >= 0.3 is 12.2 Å². The summed E-state index contributed by atoms with van der Waals surface area (Å²) in [5, 5.41) is 8.86. The molecule has 1 aromatic heterocycles. The highest BCUT2D eigenvalue weighted by molar-refractivity contribution is 6.31. The van der Waals surface area contributed by atoms with Gasteiger partial charge in [-0.25, -0.2) is 4.79 Å². The van der Waals surface area contributed by atoms with E-state index >= 15 is 0 Å². The van der Waals surface area contributed by atoms with E-state index in [9.17, 15) is 18.0 Å². The van der Waals surface area contributed by atoms with Gasteiger partial charge in [0.2, 0.25) is 0 Å². The highest BCUT2D eigenvalue weighted by Crippen LogP contribution is 2.28. The fourth-order valence-electron chi connectivity index (χ4n) is 1.87. The number of methoxy groups -OCH3 is 1. The number of anilines is 1. The van der Waals surface area contributed by atoms with E-state index in [1.165, 1.54) is 19.4 Å². The van der Waals surface area contributed by atoms with Crippen molar-refractivity contribution < 1.29 is 22.7 Å². The van der Waals surface area contributed by atoms with Crippen molar-refractivity contribution >= 4 is 23.3 Å². The van der Waals surface area contributed by atoms with Gasteiger partial charge in [-0.3, -0.25) is 4.68 Å². The lowest BCUT2D eigenvalue weighted by Crippen LogP contribution is -2.31. The first-order valence-corrected chi connectivity index (χ1v) is 7.16. The molecule has 0 saturated carbocycles. The number of alkyl halides is 3. The number of ether oxygens (including phenoxy) is 1. The Kier molecular flexibility index (Phi) is 5.55. The number of hydrogen-bond donors (Lipinski definition) is 2. The summed E-state index contributed by atoms with van der Waals surface area (Å²) in [5.74, 6) is 0.427. The van der Waals surface area contributed by atoms with Crippen LogP contribution in [-0.4, -0.2) is 29.5 Å². The fourth-order valence-corrected chi connectivity index (χ4v) is 2.04. The van der Waals surface area contributed by atoms with Crippen LogP contribution in [0.3, 0.4) is 0 Å². The summed E-state index contributed by atoms with van der Waals surface area (Å²) >= 11 is 5.85. The number of urea groups is 1. The molecule has 24 heavy (non-hydrogen) atoms. The second kappa shape index (κ2) is 7.43. The van der Waals surface area contributed by atoms with E-state index in [2.05, 4.69) is 15.7 Å². The van der Waals surface area contributed by atoms with E-state index in [1.54, 1.807) is 12.1 Å². The number of nitrogens with zero attached hydrogens (tertiary/aromatic N) is 2. The van der Waals surface area contributed by atoms with E-state index < -0.39 is 17.9 Å². The van der Waals surface area contributed by atoms with Crippen LogP contribution in [0.1, 0.15) is 5.69 Å². The van der Waals surface area contributed by atoms with Crippen molar-refractivity contribution in [2.45, 2.75) is 12.7 Å². The average Bonchev–Trinajstić information content (AvgIpc) is 2.96. The zero-order valence-electron chi connectivity index (χ0n) is 12.5. The standard InChI is InChI=1S/C14H14ClF3N4O2/c1-24-11-3-2-9(15)8-10(11)20-13(23)19-5-7-22-6-4-12(21-22)14(16,17)18/h2-4,6,8H,5,7H2,1H3,(H2,19,20,23). The van der Waals surface area contributed by atoms with E-state index in [4.69, 9.17) is 16.3 Å². The summed E-state index contributed by atoms with van der Waals surface area (Å²) in [6, 6.07) is 5.05. The number of rotatable bonds is 5. The maximum Gasteiger partial charge on any atom is 0.435 e. The van der Waals surface area contributed by atoms with Crippen LogP contribution in [0.2, 0.25) is 5.02 Å². The second-order valence-corrected chi connectivity index (χ2v) is 5.12. The molecular weight excluding hydrogens is 349 g/mol. The Morgan fingerprint density at radius 3 is 2.75 bits per heavy atom. The number of carbonyl (C=O) groups excluding carboxylic acids is 1. The lowest BCUT2D eigenvalue weighted by Gasteiger charge is -2.11. The predicted molar refractivity (Wildman–Crippen MR) is 82.3 cm³/mol. The molecule has 2 aromatic rings. The van der Waals surface area contributed by atoms with Crippen molar-refractivity contribution in [3.05, 3.63) is 41.2 Å². The highest BCUT2D eigenvalue weighted by atomic mass is 35.5. The van der Waals surface area contributed by atoms with Crippen LogP contribution in [0.4, 0.5) is 23.7 Å². The molecule has 130 valence electrons. The molecule has 10 heteroatoms. The van der Waals surface area contributed by atoms with E-state index in [1.807, 2.05) is 0 Å². The summed E-state index contributed by atoms with van der Waals surface area (Å²) in [4.78, 5) is 11.8. The molecule has 2 N–H and O–H groups in total. The van der Waals surface area contributed by atoms with Gasteiger partial charge in [-0.2, -0.15) is 18.3 Å². The third-order valence-electron chi connectivity index (χ3n) is 2.97. The van der Waals surface area contributed by atoms with Crippen molar-refractivity contribution in [2.24, 2.45) is 0 Å². The largest absolute Gasteiger partial charge is 0.495 e. The van der Waals surface area contributed by atoms with Crippen LogP contribution in [-0.2, 0) is 12.7 Å². The van der Waals surface area contributed by atoms with Crippen molar-refractivity contribution in [3.8, 4) is 5.75 Å². The quantitative estimate of drug-likeness (QED) is 0.856. The summed E-state index contributed by atoms with van der Waals surface area (Å²) in [7, 11) is 1.45. The molecule has 0 radical (unpaired) electrons. The second-order valence-electron chi connectivity index (χ2n) is 4.69. The summed E-state index contributed by atoms with van der Waals surface area (Å²) in [6.45, 7) is 0.184. The third kappa shape index (κ3) is 4.79. The molecule has 1 aromatic carbocycles. The molecule has 0 atom stereocenters. The minimum atomic E-state index is -4.49. The summed E-state index contributed by atoms with van der Waals surface area (Å²) in [5.41, 5.74) is -0.600. The van der Waals surface area contributed by atoms with Gasteiger partial charge in [-0.05, 0) is 24.3 Å². The van der Waals surface area contributed by atoms with Crippen molar-refractivity contribution in [3.63, 3.8) is 0 Å². The van der Waals surface area contributed by atoms with Gasteiger partial charge in [0.15, 0.2) is 5.69 Å². The Morgan fingerprint density at radius 1 is 1.38 bits per heavy atom. The molecule has 0 spiro atoms. The molecule has 0 aliphatic rings. The zero-order chi connectivity index (χ0) is 17.7. The van der Waals surface area contributed by atoms with Crippen molar-refractivity contribution in [1.82, 2.24) is 15.1 Å². The Morgan fingerprint density at radius 2 is 2.12 bits per heavy atom. The smallest absolute Gasteiger partial charge is 0.435 e. The average molecular weight is 363 g/mol. The third-order valence-corrected chi connectivity index (χ3v) is 3.20. The fraction of sp³-hybridized carbons (Fsp3) is 0.286. The molecule has 6 nitrogen and oxygen atoms in total. The maximum atomic E-state index is 12.4. The Labute approximate surface area is 140 Å². The number of nitrogens with one attached hydrogen (secondary N) is 2. The molecule has 2 amide bonds. The first kappa shape index (κ1) is 17.9. The molecule has 0 unspecified atom stereocenters. The molecule has 2 rings (SSSR count). The van der Waals surface area contributed by atoms with Gasteiger partial charge in [0.25, 0.3) is 0 Å². The molecule has 1 heterocycles. The highest BCUT2D eigenvalue weighted by Gasteiger charge is 2.33. The van der Waals surface area contributed by atoms with Gasteiger partial charge < -0.3 is 15.4 Å². The molecule has 0 aliphatic carbocycles. The minimum absolute atomic E-state index is 0.0910. The van der Waals surface area contributed by atoms with Crippen LogP contribution in [0.15, 0.2) is 30.5 Å². The van der Waals surface area contributed by atoms with Crippen molar-refractivity contribution in [1.29, 1.82) is 0 Å². The van der Waals surface area contributed by atoms with Crippen LogP contribution < -0.4 is 15.4 Å². The molecule has 0 saturated heterocycles. The van der Waals surface area contributed by atoms with Gasteiger partial charge in [0, 0.05) is 17.8 Å². The topological polar surface area (TPSA) is 68.2 Å². The molecule has 0 bridgehead atoms. The Bertz CT molecular complexity index is 718. The lowest BCUT2D eigenvalue weighted by atomic mass is 10.3. The Balaban J connectivity index is 1.86. The first-order chi connectivity index (χ1) is 11.3. The van der Waals surface area contributed by atoms with Gasteiger partial charge in [0.1, 0.15) is 5.75 Å². The van der Waals surface area contributed by atoms with Gasteiger partial charge in [-0.15, -0.1) is 0 Å². The SMILES string of the molecule is COc1ccc(Cl)cc1NC(=O)NCCn1ccc(C(F)(F)F)n1. The van der Waals surface area contributed by atoms with Crippen LogP contribution in [0.5, 0.6) is 5.75 Å². The van der Waals surface area contributed by atoms with Gasteiger partial charge in [-0.1, -0.05) is 11.6 Å². The van der Waals surface area contributed by atoms with E-state index in [0.29, 0.717) is 16.5 Å². The molecular formula is C14H14ClF3N4O2. The number of carbonyl (C=O) groups is 1. The van der Waals surface area contributed by atoms with E-state index in [-0.39, 0.29) is 13.1 Å². The van der Waals surface area contributed by atoms with Crippen LogP contribution in [0, 0.1) is 0 Å². The number of benzene rings is 1. The maximum absolute atomic E-state index is 12.4. The summed E-state index contributed by atoms with van der Waals surface area (Å²) in [6.07, 6.45) is -3.29. The lowest BCUT2D eigenvalue weighted by molar-refractivity contribution is -0.141. The molecule has 0 fully saturated rings. The first-order valence-electron chi connectivity index (χ1n) is 6.78. The monoisotopic (exact) mass is 362 g/mol. The van der Waals surface area contributed by atoms with Gasteiger partial charge in [0.05, 0.1) is 19.3 Å². The minimum Gasteiger partial charge on any atom is -0.495 e. The summed E-state index contributed by atoms with van der Waals surface area (Å²) < 4.78 is 43.4. The number of halogens is 4. The van der Waals surface area contributed by atoms with Crippen LogP contribution >= 0.6 is 11.6 Å². The number of aromatic nitrogens is 2. The zero-order valence-corrected chi connectivity index (χ0v) is 13.3. The van der Waals surface area contributed by atoms with Crippen LogP contribution in [0.25, 0.3) is 0 Å². The van der Waals surface area contributed by atoms with E-state index in [0.717, 1.165) is 10.7 Å². The van der Waals surface area contributed by atoms with Crippen molar-refractivity contribution in [2.75, 3.05) is 19.0 Å².